The summed E-state index contributed by atoms with van der Waals surface area (Å²) in [5.41, 5.74) is 8.93. The number of benzene rings is 1. The molecule has 0 saturated carbocycles. The first-order valence-electron chi connectivity index (χ1n) is 5.68. The standard InChI is InChI=1S/C14H12BrN3/c15-10-4-5-11(17-8-10)9-18-7-6-12-13(16)2-1-3-14(12)18/h1-8H,9,16H2. The third-order valence-corrected chi connectivity index (χ3v) is 3.44. The summed E-state index contributed by atoms with van der Waals surface area (Å²) in [6.07, 6.45) is 3.86. The number of pyridine rings is 1. The van der Waals surface area contributed by atoms with Gasteiger partial charge in [-0.15, -0.1) is 0 Å². The van der Waals surface area contributed by atoms with E-state index in [1.807, 2.05) is 42.7 Å². The van der Waals surface area contributed by atoms with Crippen molar-refractivity contribution in [2.24, 2.45) is 0 Å². The lowest BCUT2D eigenvalue weighted by Gasteiger charge is -2.05. The van der Waals surface area contributed by atoms with Gasteiger partial charge >= 0.3 is 0 Å². The first kappa shape index (κ1) is 11.3. The van der Waals surface area contributed by atoms with Gasteiger partial charge in [0.2, 0.25) is 0 Å². The molecule has 18 heavy (non-hydrogen) atoms. The summed E-state index contributed by atoms with van der Waals surface area (Å²) < 4.78 is 3.15. The number of nitrogen functional groups attached to an aromatic ring is 1. The summed E-state index contributed by atoms with van der Waals surface area (Å²) in [5.74, 6) is 0. The molecule has 0 spiro atoms. The molecule has 3 rings (SSSR count). The Morgan fingerprint density at radius 3 is 2.83 bits per heavy atom. The normalized spacial score (nSPS) is 10.9. The Bertz CT molecular complexity index is 686. The molecule has 0 radical (unpaired) electrons. The lowest BCUT2D eigenvalue weighted by atomic mass is 10.2. The smallest absolute Gasteiger partial charge is 0.0648 e. The summed E-state index contributed by atoms with van der Waals surface area (Å²) >= 11 is 3.39. The molecular weight excluding hydrogens is 290 g/mol. The van der Waals surface area contributed by atoms with Gasteiger partial charge in [0.15, 0.2) is 0 Å². The van der Waals surface area contributed by atoms with Crippen molar-refractivity contribution in [3.05, 3.63) is 59.0 Å². The summed E-state index contributed by atoms with van der Waals surface area (Å²) in [7, 11) is 0. The second kappa shape index (κ2) is 4.46. The Kier molecular flexibility index (Phi) is 2.80. The summed E-state index contributed by atoms with van der Waals surface area (Å²) in [6.45, 7) is 0.750. The van der Waals surface area contributed by atoms with Gasteiger partial charge in [0.05, 0.1) is 17.8 Å². The molecule has 0 aliphatic rings. The number of nitrogens with zero attached hydrogens (tertiary/aromatic N) is 2. The van der Waals surface area contributed by atoms with Crippen LogP contribution in [0, 0.1) is 0 Å². The average molecular weight is 302 g/mol. The van der Waals surface area contributed by atoms with Gasteiger partial charge in [-0.25, -0.2) is 0 Å². The Labute approximate surface area is 113 Å². The van der Waals surface area contributed by atoms with Crippen LogP contribution >= 0.6 is 15.9 Å². The van der Waals surface area contributed by atoms with Crippen molar-refractivity contribution >= 4 is 32.5 Å². The maximum Gasteiger partial charge on any atom is 0.0648 e. The number of hydrogen-bond donors (Lipinski definition) is 1. The van der Waals surface area contributed by atoms with Crippen molar-refractivity contribution in [3.63, 3.8) is 0 Å². The number of fused-ring (bicyclic) bond motifs is 1. The van der Waals surface area contributed by atoms with Gasteiger partial charge in [-0.05, 0) is 46.3 Å². The Balaban J connectivity index is 2.00. The first-order valence-corrected chi connectivity index (χ1v) is 6.47. The molecule has 0 amide bonds. The van der Waals surface area contributed by atoms with Crippen molar-refractivity contribution in [1.82, 2.24) is 9.55 Å². The summed E-state index contributed by atoms with van der Waals surface area (Å²) in [6, 6.07) is 12.0. The maximum atomic E-state index is 5.95. The Morgan fingerprint density at radius 1 is 1.17 bits per heavy atom. The van der Waals surface area contributed by atoms with Gasteiger partial charge in [0.1, 0.15) is 0 Å². The lowest BCUT2D eigenvalue weighted by molar-refractivity contribution is 0.807. The molecule has 0 atom stereocenters. The van der Waals surface area contributed by atoms with Gasteiger partial charge in [-0.2, -0.15) is 0 Å². The van der Waals surface area contributed by atoms with Crippen LogP contribution in [0.25, 0.3) is 10.9 Å². The topological polar surface area (TPSA) is 43.8 Å². The van der Waals surface area contributed by atoms with E-state index >= 15 is 0 Å². The van der Waals surface area contributed by atoms with E-state index in [-0.39, 0.29) is 0 Å². The third kappa shape index (κ3) is 1.99. The number of halogens is 1. The molecule has 0 aliphatic carbocycles. The molecule has 1 aromatic carbocycles. The zero-order valence-corrected chi connectivity index (χ0v) is 11.3. The van der Waals surface area contributed by atoms with Gasteiger partial charge in [-0.3, -0.25) is 4.98 Å². The Morgan fingerprint density at radius 2 is 2.06 bits per heavy atom. The van der Waals surface area contributed by atoms with E-state index in [1.165, 1.54) is 0 Å². The molecule has 2 aromatic heterocycles. The molecule has 0 saturated heterocycles. The second-order valence-corrected chi connectivity index (χ2v) is 5.11. The first-order chi connectivity index (χ1) is 8.74. The van der Waals surface area contributed by atoms with Crippen molar-refractivity contribution in [3.8, 4) is 0 Å². The van der Waals surface area contributed by atoms with E-state index in [0.29, 0.717) is 0 Å². The van der Waals surface area contributed by atoms with E-state index in [2.05, 4.69) is 31.5 Å². The quantitative estimate of drug-likeness (QED) is 0.737. The molecule has 0 unspecified atom stereocenters. The fourth-order valence-electron chi connectivity index (χ4n) is 2.06. The van der Waals surface area contributed by atoms with Crippen LogP contribution in [0.3, 0.4) is 0 Å². The molecule has 3 nitrogen and oxygen atoms in total. The SMILES string of the molecule is Nc1cccc2c1ccn2Cc1ccc(Br)cn1. The molecule has 3 aromatic rings. The van der Waals surface area contributed by atoms with Crippen LogP contribution in [-0.2, 0) is 6.54 Å². The molecule has 90 valence electrons. The third-order valence-electron chi connectivity index (χ3n) is 2.97. The number of rotatable bonds is 2. The fraction of sp³-hybridized carbons (Fsp3) is 0.0714. The van der Waals surface area contributed by atoms with E-state index < -0.39 is 0 Å². The van der Waals surface area contributed by atoms with Crippen LogP contribution in [0.5, 0.6) is 0 Å². The number of anilines is 1. The number of nitrogens with two attached hydrogens (primary N) is 1. The summed E-state index contributed by atoms with van der Waals surface area (Å²) in [4.78, 5) is 4.38. The highest BCUT2D eigenvalue weighted by atomic mass is 79.9. The van der Waals surface area contributed by atoms with E-state index in [1.54, 1.807) is 0 Å². The maximum absolute atomic E-state index is 5.95. The van der Waals surface area contributed by atoms with Crippen LogP contribution in [0.15, 0.2) is 53.3 Å². The van der Waals surface area contributed by atoms with Crippen LogP contribution in [-0.4, -0.2) is 9.55 Å². The van der Waals surface area contributed by atoms with Gasteiger partial charge in [0, 0.05) is 27.9 Å². The number of hydrogen-bond acceptors (Lipinski definition) is 2. The summed E-state index contributed by atoms with van der Waals surface area (Å²) in [5, 5.41) is 1.09. The minimum Gasteiger partial charge on any atom is -0.398 e. The molecule has 0 fully saturated rings. The molecule has 0 bridgehead atoms. The van der Waals surface area contributed by atoms with Crippen LogP contribution in [0.2, 0.25) is 0 Å². The van der Waals surface area contributed by atoms with Gasteiger partial charge in [-0.1, -0.05) is 6.07 Å². The van der Waals surface area contributed by atoms with Gasteiger partial charge in [0.25, 0.3) is 0 Å². The minimum atomic E-state index is 0.750. The van der Waals surface area contributed by atoms with Crippen molar-refractivity contribution < 1.29 is 0 Å². The Hall–Kier alpha value is -1.81. The van der Waals surface area contributed by atoms with E-state index in [0.717, 1.165) is 33.3 Å². The van der Waals surface area contributed by atoms with Crippen molar-refractivity contribution in [2.45, 2.75) is 6.54 Å². The van der Waals surface area contributed by atoms with Crippen LogP contribution in [0.4, 0.5) is 5.69 Å². The predicted octanol–water partition coefficient (Wildman–Crippen LogP) is 3.43. The van der Waals surface area contributed by atoms with Gasteiger partial charge < -0.3 is 10.3 Å². The van der Waals surface area contributed by atoms with Crippen LogP contribution in [0.1, 0.15) is 5.69 Å². The van der Waals surface area contributed by atoms with E-state index in [9.17, 15) is 0 Å². The predicted molar refractivity (Wildman–Crippen MR) is 77.4 cm³/mol. The average Bonchev–Trinajstić information content (AvgIpc) is 2.77. The molecule has 2 N–H and O–H groups in total. The monoisotopic (exact) mass is 301 g/mol. The highest BCUT2D eigenvalue weighted by Gasteiger charge is 2.04. The molecule has 4 heteroatoms. The second-order valence-electron chi connectivity index (χ2n) is 4.19. The highest BCUT2D eigenvalue weighted by Crippen LogP contribution is 2.22. The molecule has 0 aliphatic heterocycles. The molecular formula is C14H12BrN3. The fourth-order valence-corrected chi connectivity index (χ4v) is 2.29. The zero-order valence-electron chi connectivity index (χ0n) is 9.68. The molecule has 2 heterocycles. The lowest BCUT2D eigenvalue weighted by Crippen LogP contribution is -2.00. The minimum absolute atomic E-state index is 0.750. The van der Waals surface area contributed by atoms with Crippen molar-refractivity contribution in [2.75, 3.05) is 5.73 Å². The highest BCUT2D eigenvalue weighted by molar-refractivity contribution is 9.10. The van der Waals surface area contributed by atoms with Crippen molar-refractivity contribution in [1.29, 1.82) is 0 Å². The largest absolute Gasteiger partial charge is 0.398 e. The van der Waals surface area contributed by atoms with Crippen LogP contribution < -0.4 is 5.73 Å². The zero-order chi connectivity index (χ0) is 12.5. The number of aromatic nitrogens is 2. The van der Waals surface area contributed by atoms with E-state index in [4.69, 9.17) is 5.73 Å².